The zero-order valence-electron chi connectivity index (χ0n) is 14.0. The number of hydrogen-bond donors (Lipinski definition) is 1. The Hall–Kier alpha value is -1.85. The summed E-state index contributed by atoms with van der Waals surface area (Å²) < 4.78 is 13.5. The Labute approximate surface area is 141 Å². The molecule has 1 saturated heterocycles. The summed E-state index contributed by atoms with van der Waals surface area (Å²) in [4.78, 5) is 12.8. The molecule has 2 heterocycles. The minimum absolute atomic E-state index is 0.0176. The van der Waals surface area contributed by atoms with Gasteiger partial charge in [0.2, 0.25) is 0 Å². The molecule has 0 spiro atoms. The molecule has 5 heteroatoms. The number of benzene rings is 1. The predicted molar refractivity (Wildman–Crippen MR) is 92.1 cm³/mol. The number of hydrogen-bond acceptors (Lipinski definition) is 3. The van der Waals surface area contributed by atoms with Gasteiger partial charge in [0, 0.05) is 37.4 Å². The minimum atomic E-state index is -0.0433. The Kier molecular flexibility index (Phi) is 4.29. The molecule has 1 amide bonds. The fourth-order valence-corrected chi connectivity index (χ4v) is 3.35. The van der Waals surface area contributed by atoms with Gasteiger partial charge in [-0.05, 0) is 31.2 Å². The number of nitrogens with zero attached hydrogens (tertiary/aromatic N) is 1. The highest BCUT2D eigenvalue weighted by atomic mass is 16.5. The maximum Gasteiger partial charge on any atom is 0.253 e. The lowest BCUT2D eigenvalue weighted by Crippen LogP contribution is -2.50. The average molecular weight is 328 g/mol. The van der Waals surface area contributed by atoms with Crippen LogP contribution in [0, 0.1) is 5.92 Å². The van der Waals surface area contributed by atoms with Gasteiger partial charge in [-0.15, -0.1) is 0 Å². The number of carbonyl (C=O) groups is 1. The molecular weight excluding hydrogens is 304 g/mol. The summed E-state index contributed by atoms with van der Waals surface area (Å²) in [6, 6.07) is 8.00. The molecule has 2 aromatic rings. The van der Waals surface area contributed by atoms with Crippen molar-refractivity contribution in [3.63, 3.8) is 0 Å². The molecule has 0 bridgehead atoms. The SMILES string of the molecule is Cn1cc(C(=O)NC2CCOCC2OCC2CC2)c2ccccc21. The lowest BCUT2D eigenvalue weighted by atomic mass is 10.0. The van der Waals surface area contributed by atoms with Crippen LogP contribution >= 0.6 is 0 Å². The van der Waals surface area contributed by atoms with Crippen LogP contribution in [0.15, 0.2) is 30.5 Å². The Balaban J connectivity index is 1.48. The Morgan fingerprint density at radius 2 is 2.17 bits per heavy atom. The van der Waals surface area contributed by atoms with Crippen molar-refractivity contribution in [1.82, 2.24) is 9.88 Å². The van der Waals surface area contributed by atoms with Crippen molar-refractivity contribution in [1.29, 1.82) is 0 Å². The van der Waals surface area contributed by atoms with Crippen molar-refractivity contribution >= 4 is 16.8 Å². The zero-order valence-corrected chi connectivity index (χ0v) is 14.0. The van der Waals surface area contributed by atoms with Crippen LogP contribution in [0.5, 0.6) is 0 Å². The highest BCUT2D eigenvalue weighted by molar-refractivity contribution is 6.07. The van der Waals surface area contributed by atoms with Crippen LogP contribution in [0.1, 0.15) is 29.6 Å². The van der Waals surface area contributed by atoms with E-state index >= 15 is 0 Å². The molecule has 24 heavy (non-hydrogen) atoms. The van der Waals surface area contributed by atoms with Crippen LogP contribution in [0.25, 0.3) is 10.9 Å². The van der Waals surface area contributed by atoms with E-state index in [2.05, 4.69) is 5.32 Å². The largest absolute Gasteiger partial charge is 0.379 e. The minimum Gasteiger partial charge on any atom is -0.379 e. The quantitative estimate of drug-likeness (QED) is 0.917. The van der Waals surface area contributed by atoms with Gasteiger partial charge < -0.3 is 19.4 Å². The van der Waals surface area contributed by atoms with Gasteiger partial charge in [-0.3, -0.25) is 4.79 Å². The first-order chi connectivity index (χ1) is 11.7. The summed E-state index contributed by atoms with van der Waals surface area (Å²) in [5, 5.41) is 4.16. The second-order valence-electron chi connectivity index (χ2n) is 6.93. The maximum absolute atomic E-state index is 12.8. The summed E-state index contributed by atoms with van der Waals surface area (Å²) in [5.74, 6) is 0.681. The van der Waals surface area contributed by atoms with Gasteiger partial charge >= 0.3 is 0 Å². The fourth-order valence-electron chi connectivity index (χ4n) is 3.35. The van der Waals surface area contributed by atoms with Gasteiger partial charge in [-0.25, -0.2) is 0 Å². The first-order valence-electron chi connectivity index (χ1n) is 8.76. The van der Waals surface area contributed by atoms with Gasteiger partial charge in [0.25, 0.3) is 5.91 Å². The molecule has 1 N–H and O–H groups in total. The van der Waals surface area contributed by atoms with Gasteiger partial charge in [0.15, 0.2) is 0 Å². The van der Waals surface area contributed by atoms with Gasteiger partial charge in [-0.1, -0.05) is 18.2 Å². The maximum atomic E-state index is 12.8. The molecule has 4 rings (SSSR count). The van der Waals surface area contributed by atoms with Crippen molar-refractivity contribution in [2.24, 2.45) is 13.0 Å². The van der Waals surface area contributed by atoms with E-state index < -0.39 is 0 Å². The van der Waals surface area contributed by atoms with E-state index in [1.54, 1.807) is 0 Å². The monoisotopic (exact) mass is 328 g/mol. The van der Waals surface area contributed by atoms with Crippen molar-refractivity contribution in [2.45, 2.75) is 31.4 Å². The average Bonchev–Trinajstić information content (AvgIpc) is 3.37. The highest BCUT2D eigenvalue weighted by Crippen LogP contribution is 2.30. The third-order valence-electron chi connectivity index (χ3n) is 5.01. The van der Waals surface area contributed by atoms with Crippen LogP contribution in [0.3, 0.4) is 0 Å². The summed E-state index contributed by atoms with van der Waals surface area (Å²) in [5.41, 5.74) is 1.79. The molecule has 1 aliphatic heterocycles. The predicted octanol–water partition coefficient (Wildman–Crippen LogP) is 2.49. The van der Waals surface area contributed by atoms with Crippen molar-refractivity contribution in [3.8, 4) is 0 Å². The molecule has 2 atom stereocenters. The number of para-hydroxylation sites is 1. The van der Waals surface area contributed by atoms with Crippen LogP contribution in [-0.4, -0.2) is 42.4 Å². The molecule has 2 fully saturated rings. The number of aromatic nitrogens is 1. The van der Waals surface area contributed by atoms with E-state index in [9.17, 15) is 4.79 Å². The smallest absolute Gasteiger partial charge is 0.253 e. The van der Waals surface area contributed by atoms with Crippen molar-refractivity contribution in [2.75, 3.05) is 19.8 Å². The van der Waals surface area contributed by atoms with Gasteiger partial charge in [0.1, 0.15) is 6.10 Å². The summed E-state index contributed by atoms with van der Waals surface area (Å²) >= 11 is 0. The van der Waals surface area contributed by atoms with E-state index in [0.717, 1.165) is 29.5 Å². The second kappa shape index (κ2) is 6.57. The van der Waals surface area contributed by atoms with Crippen molar-refractivity contribution in [3.05, 3.63) is 36.0 Å². The Morgan fingerprint density at radius 1 is 1.33 bits per heavy atom. The van der Waals surface area contributed by atoms with E-state index in [0.29, 0.717) is 19.1 Å². The van der Waals surface area contributed by atoms with Gasteiger partial charge in [0.05, 0.1) is 18.2 Å². The molecule has 5 nitrogen and oxygen atoms in total. The molecule has 1 aromatic heterocycles. The standard InChI is InChI=1S/C19H24N2O3/c1-21-10-15(14-4-2-3-5-17(14)21)19(22)20-16-8-9-23-12-18(16)24-11-13-6-7-13/h2-5,10,13,16,18H,6-9,11-12H2,1H3,(H,20,22). The number of carbonyl (C=O) groups excluding carboxylic acids is 1. The fraction of sp³-hybridized carbons (Fsp3) is 0.526. The summed E-state index contributed by atoms with van der Waals surface area (Å²) in [7, 11) is 1.97. The van der Waals surface area contributed by atoms with E-state index in [-0.39, 0.29) is 18.1 Å². The molecule has 1 saturated carbocycles. The number of rotatable bonds is 5. The van der Waals surface area contributed by atoms with E-state index in [4.69, 9.17) is 9.47 Å². The lowest BCUT2D eigenvalue weighted by molar-refractivity contribution is -0.0697. The molecule has 2 aliphatic rings. The first-order valence-corrected chi connectivity index (χ1v) is 8.76. The molecule has 2 unspecified atom stereocenters. The number of aryl methyl sites for hydroxylation is 1. The molecule has 1 aromatic carbocycles. The van der Waals surface area contributed by atoms with E-state index in [1.807, 2.05) is 42.1 Å². The molecular formula is C19H24N2O3. The number of amides is 1. The molecule has 0 radical (unpaired) electrons. The third-order valence-corrected chi connectivity index (χ3v) is 5.01. The molecule has 128 valence electrons. The van der Waals surface area contributed by atoms with Crippen LogP contribution in [0.2, 0.25) is 0 Å². The van der Waals surface area contributed by atoms with Crippen molar-refractivity contribution < 1.29 is 14.3 Å². The second-order valence-corrected chi connectivity index (χ2v) is 6.93. The third kappa shape index (κ3) is 3.19. The van der Waals surface area contributed by atoms with Gasteiger partial charge in [-0.2, -0.15) is 0 Å². The lowest BCUT2D eigenvalue weighted by Gasteiger charge is -2.32. The Bertz CT molecular complexity index is 735. The van der Waals surface area contributed by atoms with E-state index in [1.165, 1.54) is 12.8 Å². The topological polar surface area (TPSA) is 52.5 Å². The zero-order chi connectivity index (χ0) is 16.5. The highest BCUT2D eigenvalue weighted by Gasteiger charge is 2.31. The number of nitrogens with one attached hydrogen (secondary N) is 1. The normalized spacial score (nSPS) is 24.2. The van der Waals surface area contributed by atoms with Crippen LogP contribution < -0.4 is 5.32 Å². The first kappa shape index (κ1) is 15.7. The van der Waals surface area contributed by atoms with Crippen LogP contribution in [-0.2, 0) is 16.5 Å². The summed E-state index contributed by atoms with van der Waals surface area (Å²) in [6.07, 6.45) is 5.19. The summed E-state index contributed by atoms with van der Waals surface area (Å²) in [6.45, 7) is 2.02. The number of fused-ring (bicyclic) bond motifs is 1. The number of ether oxygens (including phenoxy) is 2. The molecule has 1 aliphatic carbocycles. The van der Waals surface area contributed by atoms with Crippen LogP contribution in [0.4, 0.5) is 0 Å². The Morgan fingerprint density at radius 3 is 3.00 bits per heavy atom.